The van der Waals surface area contributed by atoms with Crippen molar-refractivity contribution in [3.8, 4) is 6.07 Å². The zero-order chi connectivity index (χ0) is 8.69. The van der Waals surface area contributed by atoms with Gasteiger partial charge in [-0.25, -0.2) is 4.79 Å². The number of carbonyl (C=O) groups is 1. The molecule has 4 heteroatoms. The molecule has 0 aromatic carbocycles. The van der Waals surface area contributed by atoms with Crippen LogP contribution < -0.4 is 0 Å². The van der Waals surface area contributed by atoms with E-state index in [1.54, 1.807) is 0 Å². The largest absolute Gasteiger partial charge is 0.453 e. The van der Waals surface area contributed by atoms with Crippen LogP contribution in [0.4, 0.5) is 4.79 Å². The van der Waals surface area contributed by atoms with Gasteiger partial charge >= 0.3 is 6.09 Å². The molecule has 0 rings (SSSR count). The Morgan fingerprint density at radius 2 is 2.55 bits per heavy atom. The van der Waals surface area contributed by atoms with Crippen molar-refractivity contribution < 1.29 is 9.53 Å². The van der Waals surface area contributed by atoms with Gasteiger partial charge in [-0.3, -0.25) is 4.90 Å². The zero-order valence-electron chi connectivity index (χ0n) is 6.41. The molecule has 0 atom stereocenters. The molecule has 0 fully saturated rings. The normalized spacial score (nSPS) is 8.00. The summed E-state index contributed by atoms with van der Waals surface area (Å²) >= 11 is 0. The van der Waals surface area contributed by atoms with E-state index in [-0.39, 0.29) is 6.54 Å². The number of hydrogen-bond donors (Lipinski definition) is 0. The van der Waals surface area contributed by atoms with Crippen molar-refractivity contribution >= 4 is 6.09 Å². The predicted molar refractivity (Wildman–Crippen MR) is 39.8 cm³/mol. The van der Waals surface area contributed by atoms with E-state index in [4.69, 9.17) is 5.26 Å². The topological polar surface area (TPSA) is 53.3 Å². The van der Waals surface area contributed by atoms with Crippen LogP contribution in [-0.2, 0) is 4.74 Å². The highest BCUT2D eigenvalue weighted by atomic mass is 16.5. The second-order valence-corrected chi connectivity index (χ2v) is 1.80. The highest BCUT2D eigenvalue weighted by Crippen LogP contribution is 1.91. The second-order valence-electron chi connectivity index (χ2n) is 1.80. The van der Waals surface area contributed by atoms with E-state index in [1.807, 2.05) is 6.07 Å². The summed E-state index contributed by atoms with van der Waals surface area (Å²) in [5.41, 5.74) is 0. The molecular weight excluding hydrogens is 144 g/mol. The van der Waals surface area contributed by atoms with Crippen molar-refractivity contribution in [3.63, 3.8) is 0 Å². The smallest absolute Gasteiger partial charge is 0.410 e. The number of amides is 1. The molecule has 1 amide bonds. The first-order valence-electron chi connectivity index (χ1n) is 3.07. The first-order chi connectivity index (χ1) is 5.26. The lowest BCUT2D eigenvalue weighted by Crippen LogP contribution is -2.31. The predicted octanol–water partition coefficient (Wildman–Crippen LogP) is 0.764. The van der Waals surface area contributed by atoms with Gasteiger partial charge in [0, 0.05) is 6.54 Å². The Balaban J connectivity index is 3.99. The maximum Gasteiger partial charge on any atom is 0.410 e. The summed E-state index contributed by atoms with van der Waals surface area (Å²) in [6.07, 6.45) is 1.03. The Morgan fingerprint density at radius 1 is 1.91 bits per heavy atom. The van der Waals surface area contributed by atoms with E-state index < -0.39 is 6.09 Å². The Kier molecular flexibility index (Phi) is 4.58. The van der Waals surface area contributed by atoms with E-state index in [9.17, 15) is 4.79 Å². The summed E-state index contributed by atoms with van der Waals surface area (Å²) in [5, 5.41) is 8.27. The van der Waals surface area contributed by atoms with Gasteiger partial charge in [0.2, 0.25) is 0 Å². The monoisotopic (exact) mass is 154 g/mol. The summed E-state index contributed by atoms with van der Waals surface area (Å²) in [6.45, 7) is 3.80. The number of nitriles is 1. The third-order valence-corrected chi connectivity index (χ3v) is 1.04. The number of nitrogens with zero attached hydrogens (tertiary/aromatic N) is 2. The van der Waals surface area contributed by atoms with Crippen molar-refractivity contribution in [2.45, 2.75) is 0 Å². The standard InChI is InChI=1S/C7H10N2O2/c1-3-5-9(6-4-8)7(10)11-2/h3H,1,5-6H2,2H3. The van der Waals surface area contributed by atoms with Crippen LogP contribution in [0.3, 0.4) is 0 Å². The van der Waals surface area contributed by atoms with Crippen molar-refractivity contribution in [2.24, 2.45) is 0 Å². The fraction of sp³-hybridized carbons (Fsp3) is 0.429. The molecule has 0 unspecified atom stereocenters. The van der Waals surface area contributed by atoms with Crippen molar-refractivity contribution in [1.82, 2.24) is 4.90 Å². The first-order valence-corrected chi connectivity index (χ1v) is 3.07. The zero-order valence-corrected chi connectivity index (χ0v) is 6.41. The van der Waals surface area contributed by atoms with Gasteiger partial charge in [-0.05, 0) is 0 Å². The van der Waals surface area contributed by atoms with Crippen LogP contribution in [0, 0.1) is 11.3 Å². The molecule has 0 heterocycles. The lowest BCUT2D eigenvalue weighted by atomic mass is 10.5. The van der Waals surface area contributed by atoms with Crippen LogP contribution in [-0.4, -0.2) is 31.2 Å². The molecule has 11 heavy (non-hydrogen) atoms. The number of methoxy groups -OCH3 is 1. The first kappa shape index (κ1) is 9.50. The Morgan fingerprint density at radius 3 is 2.91 bits per heavy atom. The summed E-state index contributed by atoms with van der Waals surface area (Å²) in [7, 11) is 1.27. The van der Waals surface area contributed by atoms with Crippen molar-refractivity contribution in [1.29, 1.82) is 5.26 Å². The van der Waals surface area contributed by atoms with E-state index >= 15 is 0 Å². The molecule has 0 aliphatic heterocycles. The number of ether oxygens (including phenoxy) is 1. The minimum absolute atomic E-state index is 0.0265. The minimum Gasteiger partial charge on any atom is -0.453 e. The van der Waals surface area contributed by atoms with Gasteiger partial charge in [-0.15, -0.1) is 6.58 Å². The number of carbonyl (C=O) groups excluding carboxylic acids is 1. The average molecular weight is 154 g/mol. The van der Waals surface area contributed by atoms with E-state index in [0.717, 1.165) is 0 Å². The summed E-state index contributed by atoms with van der Waals surface area (Å²) in [5.74, 6) is 0. The minimum atomic E-state index is -0.508. The van der Waals surface area contributed by atoms with Crippen LogP contribution in [0.2, 0.25) is 0 Å². The molecule has 0 aromatic rings. The van der Waals surface area contributed by atoms with Crippen molar-refractivity contribution in [3.05, 3.63) is 12.7 Å². The summed E-state index contributed by atoms with van der Waals surface area (Å²) < 4.78 is 4.41. The fourth-order valence-corrected chi connectivity index (χ4v) is 0.574. The van der Waals surface area contributed by atoms with Crippen LogP contribution in [0.1, 0.15) is 0 Å². The van der Waals surface area contributed by atoms with Crippen LogP contribution in [0.5, 0.6) is 0 Å². The Bertz CT molecular complexity index is 183. The third-order valence-electron chi connectivity index (χ3n) is 1.04. The van der Waals surface area contributed by atoms with E-state index in [2.05, 4.69) is 11.3 Å². The highest BCUT2D eigenvalue weighted by molar-refractivity contribution is 5.67. The third kappa shape index (κ3) is 3.26. The molecule has 4 nitrogen and oxygen atoms in total. The SMILES string of the molecule is C=CCN(CC#N)C(=O)OC. The lowest BCUT2D eigenvalue weighted by Gasteiger charge is -2.14. The molecule has 0 aromatic heterocycles. The summed E-state index contributed by atoms with van der Waals surface area (Å²) in [4.78, 5) is 12.0. The Labute approximate surface area is 65.7 Å². The number of rotatable bonds is 3. The quantitative estimate of drug-likeness (QED) is 0.445. The van der Waals surface area contributed by atoms with Gasteiger partial charge in [0.05, 0.1) is 13.2 Å². The van der Waals surface area contributed by atoms with Crippen LogP contribution in [0.25, 0.3) is 0 Å². The van der Waals surface area contributed by atoms with Gasteiger partial charge in [0.15, 0.2) is 0 Å². The molecule has 0 saturated carbocycles. The summed E-state index contributed by atoms with van der Waals surface area (Å²) in [6, 6.07) is 1.85. The van der Waals surface area contributed by atoms with E-state index in [1.165, 1.54) is 18.1 Å². The second kappa shape index (κ2) is 5.30. The molecule has 0 radical (unpaired) electrons. The highest BCUT2D eigenvalue weighted by Gasteiger charge is 2.09. The van der Waals surface area contributed by atoms with Crippen LogP contribution in [0.15, 0.2) is 12.7 Å². The van der Waals surface area contributed by atoms with Gasteiger partial charge in [-0.2, -0.15) is 5.26 Å². The average Bonchev–Trinajstić information content (AvgIpc) is 2.03. The molecule has 0 aliphatic carbocycles. The molecule has 0 spiro atoms. The van der Waals surface area contributed by atoms with Gasteiger partial charge < -0.3 is 4.74 Å². The van der Waals surface area contributed by atoms with Crippen LogP contribution >= 0.6 is 0 Å². The van der Waals surface area contributed by atoms with E-state index in [0.29, 0.717) is 6.54 Å². The van der Waals surface area contributed by atoms with Gasteiger partial charge in [-0.1, -0.05) is 6.08 Å². The maximum atomic E-state index is 10.8. The molecule has 0 bridgehead atoms. The van der Waals surface area contributed by atoms with Crippen molar-refractivity contribution in [2.75, 3.05) is 20.2 Å². The molecular formula is C7H10N2O2. The molecule has 0 saturated heterocycles. The number of hydrogen-bond acceptors (Lipinski definition) is 3. The molecule has 0 aliphatic rings. The Hall–Kier alpha value is -1.50. The van der Waals surface area contributed by atoms with Gasteiger partial charge in [0.1, 0.15) is 6.54 Å². The molecule has 0 N–H and O–H groups in total. The fourth-order valence-electron chi connectivity index (χ4n) is 0.574. The lowest BCUT2D eigenvalue weighted by molar-refractivity contribution is 0.133. The maximum absolute atomic E-state index is 10.8. The van der Waals surface area contributed by atoms with Gasteiger partial charge in [0.25, 0.3) is 0 Å². The molecule has 60 valence electrons.